The van der Waals surface area contributed by atoms with Crippen LogP contribution in [0.3, 0.4) is 0 Å². The molecule has 2 heterocycles. The lowest BCUT2D eigenvalue weighted by Gasteiger charge is -2.35. The largest absolute Gasteiger partial charge is 0.487 e. The number of nitrogens with one attached hydrogen (secondary N) is 1. The summed E-state index contributed by atoms with van der Waals surface area (Å²) in [4.78, 5) is 29.7. The van der Waals surface area contributed by atoms with Crippen LogP contribution in [0.5, 0.6) is 5.75 Å². The van der Waals surface area contributed by atoms with Gasteiger partial charge in [0.15, 0.2) is 6.17 Å². The Morgan fingerprint density at radius 2 is 1.90 bits per heavy atom. The first-order valence-corrected chi connectivity index (χ1v) is 13.2. The number of amides is 2. The number of allylic oxidation sites excluding steroid dienone is 1. The van der Waals surface area contributed by atoms with Gasteiger partial charge in [0, 0.05) is 36.2 Å². The van der Waals surface area contributed by atoms with Crippen LogP contribution in [-0.2, 0) is 9.53 Å². The summed E-state index contributed by atoms with van der Waals surface area (Å²) in [6.45, 7) is 8.55. The third-order valence-corrected chi connectivity index (χ3v) is 6.53. The monoisotopic (exact) mass is 563 g/mol. The fourth-order valence-electron chi connectivity index (χ4n) is 4.32. The fraction of sp³-hybridized carbons (Fsp3) is 0.483. The van der Waals surface area contributed by atoms with Crippen LogP contribution in [0.15, 0.2) is 36.9 Å². The van der Waals surface area contributed by atoms with E-state index in [0.29, 0.717) is 5.39 Å². The number of hydrogen-bond donors (Lipinski definition) is 1. The number of benzene rings is 1. The van der Waals surface area contributed by atoms with Crippen molar-refractivity contribution in [2.75, 3.05) is 19.6 Å². The van der Waals surface area contributed by atoms with E-state index < -0.39 is 35.7 Å². The summed E-state index contributed by atoms with van der Waals surface area (Å²) in [5.41, 5.74) is -2.02. The lowest BCUT2D eigenvalue weighted by Crippen LogP contribution is -2.50. The van der Waals surface area contributed by atoms with Crippen molar-refractivity contribution < 1.29 is 36.6 Å². The minimum absolute atomic E-state index is 0.0314. The maximum Gasteiger partial charge on any atom is 0.417 e. The third-order valence-electron chi connectivity index (χ3n) is 6.53. The summed E-state index contributed by atoms with van der Waals surface area (Å²) in [5, 5.41) is 3.21. The van der Waals surface area contributed by atoms with Gasteiger partial charge in [-0.1, -0.05) is 24.8 Å². The molecule has 1 saturated carbocycles. The fourth-order valence-corrected chi connectivity index (χ4v) is 4.32. The number of halogens is 4. The van der Waals surface area contributed by atoms with Crippen LogP contribution in [0.25, 0.3) is 22.4 Å². The van der Waals surface area contributed by atoms with Gasteiger partial charge in [0.2, 0.25) is 5.91 Å². The van der Waals surface area contributed by atoms with E-state index in [1.165, 1.54) is 23.1 Å². The number of ether oxygens (including phenoxy) is 2. The van der Waals surface area contributed by atoms with E-state index in [9.17, 15) is 22.8 Å². The molecule has 1 aromatic heterocycles. The number of alkyl halides is 4. The van der Waals surface area contributed by atoms with Crippen LogP contribution in [-0.4, -0.2) is 65.6 Å². The molecule has 0 unspecified atom stereocenters. The molecule has 0 spiro atoms. The van der Waals surface area contributed by atoms with E-state index >= 15 is 4.39 Å². The summed E-state index contributed by atoms with van der Waals surface area (Å²) < 4.78 is 67.5. The zero-order chi connectivity index (χ0) is 29.2. The Morgan fingerprint density at radius 3 is 2.52 bits per heavy atom. The van der Waals surface area contributed by atoms with Gasteiger partial charge < -0.3 is 19.7 Å². The molecule has 0 radical (unpaired) electrons. The van der Waals surface area contributed by atoms with E-state index in [0.717, 1.165) is 12.8 Å². The molecular weight excluding hydrogens is 530 g/mol. The number of nitrogens with zero attached hydrogens (tertiary/aromatic N) is 2. The molecule has 1 N–H and O–H groups in total. The zero-order valence-electron chi connectivity index (χ0n) is 22.7. The average Bonchev–Trinajstić information content (AvgIpc) is 3.71. The quantitative estimate of drug-likeness (QED) is 0.414. The number of carbonyl (C=O) groups excluding carboxylic acids is 2. The number of carbonyl (C=O) groups is 2. The lowest BCUT2D eigenvalue weighted by atomic mass is 10.0. The summed E-state index contributed by atoms with van der Waals surface area (Å²) in [6.07, 6.45) is -2.84. The number of aromatic nitrogens is 1. The summed E-state index contributed by atoms with van der Waals surface area (Å²) in [6, 6.07) is 6.10. The molecule has 11 heteroatoms. The molecule has 1 aromatic carbocycles. The van der Waals surface area contributed by atoms with E-state index in [-0.39, 0.29) is 60.4 Å². The van der Waals surface area contributed by atoms with Crippen molar-refractivity contribution in [3.05, 3.63) is 48.3 Å². The van der Waals surface area contributed by atoms with Crippen molar-refractivity contribution in [1.29, 1.82) is 0 Å². The molecule has 4 rings (SSSR count). The molecule has 1 saturated heterocycles. The maximum atomic E-state index is 15.2. The first-order valence-electron chi connectivity index (χ1n) is 13.2. The highest BCUT2D eigenvalue weighted by molar-refractivity contribution is 5.97. The third kappa shape index (κ3) is 7.31. The van der Waals surface area contributed by atoms with Crippen LogP contribution in [0.2, 0.25) is 0 Å². The van der Waals surface area contributed by atoms with Crippen molar-refractivity contribution in [2.45, 2.75) is 64.1 Å². The highest BCUT2D eigenvalue weighted by Crippen LogP contribution is 2.38. The Kier molecular flexibility index (Phi) is 8.41. The van der Waals surface area contributed by atoms with Gasteiger partial charge in [0.05, 0.1) is 23.5 Å². The normalized spacial score (nSPS) is 20.0. The molecular formula is C29H33F4N3O4. The molecule has 2 aliphatic rings. The Labute approximate surface area is 230 Å². The highest BCUT2D eigenvalue weighted by Gasteiger charge is 2.37. The Morgan fingerprint density at radius 1 is 1.18 bits per heavy atom. The minimum atomic E-state index is -4.73. The van der Waals surface area contributed by atoms with Gasteiger partial charge in [-0.3, -0.25) is 4.79 Å². The van der Waals surface area contributed by atoms with Gasteiger partial charge in [-0.15, -0.1) is 0 Å². The first kappa shape index (κ1) is 29.4. The van der Waals surface area contributed by atoms with Gasteiger partial charge in [-0.2, -0.15) is 13.2 Å². The molecule has 2 fully saturated rings. The van der Waals surface area contributed by atoms with E-state index in [1.807, 2.05) is 0 Å². The minimum Gasteiger partial charge on any atom is -0.487 e. The number of fused-ring (bicyclic) bond motifs is 1. The molecule has 7 nitrogen and oxygen atoms in total. The van der Waals surface area contributed by atoms with E-state index in [2.05, 4.69) is 16.9 Å². The predicted octanol–water partition coefficient (Wildman–Crippen LogP) is 6.08. The molecule has 2 atom stereocenters. The topological polar surface area (TPSA) is 80.8 Å². The number of piperidine rings is 1. The zero-order valence-corrected chi connectivity index (χ0v) is 22.7. The molecule has 40 heavy (non-hydrogen) atoms. The van der Waals surface area contributed by atoms with Gasteiger partial charge in [-0.25, -0.2) is 14.2 Å². The predicted molar refractivity (Wildman–Crippen MR) is 143 cm³/mol. The van der Waals surface area contributed by atoms with Crippen molar-refractivity contribution >= 4 is 34.4 Å². The van der Waals surface area contributed by atoms with Crippen LogP contribution in [0.4, 0.5) is 22.4 Å². The van der Waals surface area contributed by atoms with Crippen molar-refractivity contribution in [1.82, 2.24) is 15.2 Å². The second-order valence-electron chi connectivity index (χ2n) is 11.0. The van der Waals surface area contributed by atoms with Gasteiger partial charge in [0.1, 0.15) is 17.5 Å². The van der Waals surface area contributed by atoms with E-state index in [4.69, 9.17) is 9.47 Å². The summed E-state index contributed by atoms with van der Waals surface area (Å²) >= 11 is 0. The Hall–Kier alpha value is -3.63. The van der Waals surface area contributed by atoms with E-state index in [1.54, 1.807) is 39.0 Å². The second-order valence-corrected chi connectivity index (χ2v) is 11.0. The molecule has 216 valence electrons. The van der Waals surface area contributed by atoms with Crippen molar-refractivity contribution in [3.8, 4) is 5.75 Å². The molecule has 0 bridgehead atoms. The smallest absolute Gasteiger partial charge is 0.417 e. The number of pyridine rings is 1. The second kappa shape index (κ2) is 11.5. The number of hydrogen-bond acceptors (Lipinski definition) is 5. The molecule has 2 amide bonds. The highest BCUT2D eigenvalue weighted by atomic mass is 19.4. The van der Waals surface area contributed by atoms with Crippen LogP contribution >= 0.6 is 0 Å². The van der Waals surface area contributed by atoms with Gasteiger partial charge in [0.25, 0.3) is 0 Å². The lowest BCUT2D eigenvalue weighted by molar-refractivity contribution is -0.122. The molecule has 1 aliphatic carbocycles. The number of likely N-dealkylation sites (tertiary alicyclic amines) is 1. The Balaban J connectivity index is 1.58. The van der Waals surface area contributed by atoms with Crippen LogP contribution in [0, 0.1) is 5.92 Å². The Bertz CT molecular complexity index is 1310. The first-order chi connectivity index (χ1) is 18.7. The van der Waals surface area contributed by atoms with Crippen molar-refractivity contribution in [3.63, 3.8) is 0 Å². The van der Waals surface area contributed by atoms with Crippen molar-refractivity contribution in [2.24, 2.45) is 5.92 Å². The molecule has 2 aromatic rings. The summed E-state index contributed by atoms with van der Waals surface area (Å²) in [7, 11) is 0. The SMILES string of the molecule is C=C(c1nc(/C=C/CNC(=O)C2CC2)cc2c(O[C@@H]3CCN(C(=O)OC(C)(C)C)C[C@@H]3F)cccc12)C(F)(F)F. The average molecular weight is 564 g/mol. The maximum absolute atomic E-state index is 15.2. The number of rotatable bonds is 7. The van der Waals surface area contributed by atoms with Gasteiger partial charge >= 0.3 is 12.3 Å². The molecule has 1 aliphatic heterocycles. The van der Waals surface area contributed by atoms with Crippen LogP contribution in [0.1, 0.15) is 51.4 Å². The van der Waals surface area contributed by atoms with Gasteiger partial charge in [-0.05, 0) is 51.8 Å². The summed E-state index contributed by atoms with van der Waals surface area (Å²) in [5.74, 6) is 0.159. The van der Waals surface area contributed by atoms with Crippen LogP contribution < -0.4 is 10.1 Å². The standard InChI is InChI=1S/C29H33F4N3O4/c1-17(29(31,32)33)25-20-8-5-9-23(21(20)15-19(35-25)7-6-13-34-26(37)18-10-11-18)39-24-12-14-36(16-22(24)30)27(38)40-28(2,3)4/h5-9,15,18,22,24H,1,10-14,16H2,2-4H3,(H,34,37)/b7-6+/t22-,24+/m0/s1.